The molecule has 0 heterocycles. The van der Waals surface area contributed by atoms with E-state index in [1.165, 1.54) is 12.1 Å². The average molecular weight is 261 g/mol. The Balaban J connectivity index is 0. The normalized spacial score (nSPS) is 9.46. The molecule has 0 aliphatic carbocycles. The minimum Gasteiger partial charge on any atom is -0.184 e. The van der Waals surface area contributed by atoms with Crippen LogP contribution in [0.4, 0.5) is 13.2 Å². The Morgan fingerprint density at radius 3 is 1.85 bits per heavy atom. The van der Waals surface area contributed by atoms with Crippen LogP contribution in [0.25, 0.3) is 0 Å². The molecule has 0 aliphatic heterocycles. The van der Waals surface area contributed by atoms with Crippen molar-refractivity contribution in [1.29, 1.82) is 0 Å². The SMILES string of the molecule is Cl.FC(F)(F)[CH-]c1ccccc1.[Zn]. The molecule has 13 heavy (non-hydrogen) atoms. The molecule has 0 aromatic heterocycles. The zero-order valence-corrected chi connectivity index (χ0v) is 10.5. The zero-order valence-electron chi connectivity index (χ0n) is 6.71. The Bertz CT molecular complexity index is 223. The van der Waals surface area contributed by atoms with E-state index in [1.807, 2.05) is 0 Å². The van der Waals surface area contributed by atoms with Crippen molar-refractivity contribution in [1.82, 2.24) is 0 Å². The quantitative estimate of drug-likeness (QED) is 0.537. The van der Waals surface area contributed by atoms with Gasteiger partial charge in [0, 0.05) is 19.5 Å². The van der Waals surface area contributed by atoms with Crippen LogP contribution >= 0.6 is 12.4 Å². The van der Waals surface area contributed by atoms with Crippen LogP contribution in [0.2, 0.25) is 0 Å². The fraction of sp³-hybridized carbons (Fsp3) is 0.125. The van der Waals surface area contributed by atoms with Crippen molar-refractivity contribution in [2.75, 3.05) is 0 Å². The van der Waals surface area contributed by atoms with Gasteiger partial charge < -0.3 is 0 Å². The Morgan fingerprint density at radius 2 is 1.46 bits per heavy atom. The summed E-state index contributed by atoms with van der Waals surface area (Å²) in [5, 5.41) is 0. The third kappa shape index (κ3) is 6.91. The largest absolute Gasteiger partial charge is 0.364 e. The van der Waals surface area contributed by atoms with E-state index in [2.05, 4.69) is 0 Å². The van der Waals surface area contributed by atoms with Crippen LogP contribution in [0.15, 0.2) is 30.3 Å². The molecular formula is C8H7ClF3Zn-. The summed E-state index contributed by atoms with van der Waals surface area (Å²) in [6.45, 7) is 0. The molecule has 1 rings (SSSR count). The monoisotopic (exact) mass is 259 g/mol. The molecular weight excluding hydrogens is 254 g/mol. The van der Waals surface area contributed by atoms with Crippen molar-refractivity contribution in [3.63, 3.8) is 0 Å². The predicted octanol–water partition coefficient (Wildman–Crippen LogP) is 3.22. The Morgan fingerprint density at radius 1 is 1.00 bits per heavy atom. The molecule has 1 aromatic rings. The van der Waals surface area contributed by atoms with Gasteiger partial charge in [-0.2, -0.15) is 30.9 Å². The number of hydrogen-bond acceptors (Lipinski definition) is 0. The molecule has 0 nitrogen and oxygen atoms in total. The van der Waals surface area contributed by atoms with Gasteiger partial charge in [0.1, 0.15) is 0 Å². The summed E-state index contributed by atoms with van der Waals surface area (Å²) in [6.07, 6.45) is -3.95. The zero-order chi connectivity index (χ0) is 8.32. The topological polar surface area (TPSA) is 0 Å². The standard InChI is InChI=1S/C8H6F3.ClH.Zn/c9-8(10,11)6-7-4-2-1-3-5-7;;/h1-6H;1H;/q-1;;. The number of halogens is 4. The predicted molar refractivity (Wildman–Crippen MR) is 43.1 cm³/mol. The van der Waals surface area contributed by atoms with Crippen LogP contribution in [0.1, 0.15) is 5.56 Å². The average Bonchev–Trinajstić information content (AvgIpc) is 1.85. The van der Waals surface area contributed by atoms with Gasteiger partial charge in [0.2, 0.25) is 0 Å². The maximum Gasteiger partial charge on any atom is 0.364 e. The molecule has 0 amide bonds. The van der Waals surface area contributed by atoms with Crippen LogP contribution < -0.4 is 0 Å². The van der Waals surface area contributed by atoms with Gasteiger partial charge in [0.05, 0.1) is 0 Å². The van der Waals surface area contributed by atoms with E-state index in [-0.39, 0.29) is 43.9 Å². The molecule has 0 N–H and O–H groups in total. The van der Waals surface area contributed by atoms with E-state index in [0.29, 0.717) is 0 Å². The molecule has 0 saturated heterocycles. The van der Waals surface area contributed by atoms with E-state index in [9.17, 15) is 13.2 Å². The minimum absolute atomic E-state index is 0. The van der Waals surface area contributed by atoms with Gasteiger partial charge >= 0.3 is 6.18 Å². The van der Waals surface area contributed by atoms with Crippen molar-refractivity contribution >= 4 is 12.4 Å². The van der Waals surface area contributed by atoms with Crippen LogP contribution in [0.5, 0.6) is 0 Å². The molecule has 5 heteroatoms. The van der Waals surface area contributed by atoms with Crippen LogP contribution in [-0.4, -0.2) is 6.18 Å². The van der Waals surface area contributed by atoms with Crippen molar-refractivity contribution in [3.8, 4) is 0 Å². The minimum atomic E-state index is -4.22. The summed E-state index contributed by atoms with van der Waals surface area (Å²) >= 11 is 0. The summed E-state index contributed by atoms with van der Waals surface area (Å²) in [5.41, 5.74) is 0.181. The molecule has 0 spiro atoms. The van der Waals surface area contributed by atoms with E-state index in [4.69, 9.17) is 0 Å². The fourth-order valence-corrected chi connectivity index (χ4v) is 0.738. The van der Waals surface area contributed by atoms with E-state index >= 15 is 0 Å². The molecule has 0 fully saturated rings. The van der Waals surface area contributed by atoms with Crippen molar-refractivity contribution < 1.29 is 32.6 Å². The Labute approximate surface area is 93.7 Å². The maximum absolute atomic E-state index is 11.7. The van der Waals surface area contributed by atoms with Gasteiger partial charge in [-0.05, 0) is 0 Å². The summed E-state index contributed by atoms with van der Waals surface area (Å²) in [4.78, 5) is 0. The van der Waals surface area contributed by atoms with Gasteiger partial charge in [-0.3, -0.25) is 0 Å². The molecule has 0 unspecified atom stereocenters. The fourth-order valence-electron chi connectivity index (χ4n) is 0.738. The Kier molecular flexibility index (Phi) is 7.38. The van der Waals surface area contributed by atoms with Gasteiger partial charge in [0.25, 0.3) is 0 Å². The van der Waals surface area contributed by atoms with Crippen LogP contribution in [0.3, 0.4) is 0 Å². The smallest absolute Gasteiger partial charge is 0.184 e. The first kappa shape index (κ1) is 15.3. The summed E-state index contributed by atoms with van der Waals surface area (Å²) in [6, 6.07) is 7.63. The number of alkyl halides is 3. The molecule has 0 aliphatic rings. The number of rotatable bonds is 1. The van der Waals surface area contributed by atoms with E-state index < -0.39 is 6.18 Å². The summed E-state index contributed by atoms with van der Waals surface area (Å²) in [7, 11) is 0. The van der Waals surface area contributed by atoms with Gasteiger partial charge in [-0.1, -0.05) is 12.5 Å². The molecule has 0 radical (unpaired) electrons. The molecule has 0 saturated carbocycles. The van der Waals surface area contributed by atoms with Gasteiger partial charge in [-0.15, -0.1) is 24.5 Å². The first-order chi connectivity index (χ1) is 5.08. The second kappa shape index (κ2) is 6.28. The van der Waals surface area contributed by atoms with Gasteiger partial charge in [-0.25, -0.2) is 0 Å². The number of hydrogen-bond donors (Lipinski definition) is 0. The summed E-state index contributed by atoms with van der Waals surface area (Å²) in [5.74, 6) is 0. The third-order valence-electron chi connectivity index (χ3n) is 1.13. The van der Waals surface area contributed by atoms with Crippen LogP contribution in [-0.2, 0) is 19.5 Å². The van der Waals surface area contributed by atoms with Gasteiger partial charge in [0.15, 0.2) is 0 Å². The molecule has 1 aromatic carbocycles. The third-order valence-corrected chi connectivity index (χ3v) is 1.13. The van der Waals surface area contributed by atoms with E-state index in [0.717, 1.165) is 0 Å². The van der Waals surface area contributed by atoms with E-state index in [1.54, 1.807) is 18.2 Å². The Hall–Kier alpha value is -0.207. The van der Waals surface area contributed by atoms with Crippen LogP contribution in [0, 0.1) is 6.42 Å². The van der Waals surface area contributed by atoms with Crippen molar-refractivity contribution in [3.05, 3.63) is 42.3 Å². The molecule has 70 valence electrons. The maximum atomic E-state index is 11.7. The number of benzene rings is 1. The second-order valence-corrected chi connectivity index (χ2v) is 2.10. The molecule has 0 bridgehead atoms. The van der Waals surface area contributed by atoms with Crippen molar-refractivity contribution in [2.24, 2.45) is 0 Å². The summed E-state index contributed by atoms with van der Waals surface area (Å²) < 4.78 is 35.1. The first-order valence-electron chi connectivity index (χ1n) is 3.05. The molecule has 0 atom stereocenters. The van der Waals surface area contributed by atoms with Crippen molar-refractivity contribution in [2.45, 2.75) is 6.18 Å². The second-order valence-electron chi connectivity index (χ2n) is 2.10. The first-order valence-corrected chi connectivity index (χ1v) is 3.05.